The molecule has 0 fully saturated rings. The minimum atomic E-state index is -4.35. The maximum Gasteiger partial charge on any atom is 0.411 e. The first-order valence-electron chi connectivity index (χ1n) is 5.38. The largest absolute Gasteiger partial charge is 0.493 e. The molecule has 0 aliphatic rings. The fourth-order valence-electron chi connectivity index (χ4n) is 1.54. The van der Waals surface area contributed by atoms with Crippen molar-refractivity contribution in [3.8, 4) is 5.75 Å². The van der Waals surface area contributed by atoms with Gasteiger partial charge in [-0.25, -0.2) is 0 Å². The molecule has 0 saturated carbocycles. The van der Waals surface area contributed by atoms with Crippen LogP contribution >= 0.6 is 0 Å². The zero-order chi connectivity index (χ0) is 13.8. The van der Waals surface area contributed by atoms with E-state index in [1.165, 1.54) is 13.3 Å². The van der Waals surface area contributed by atoms with Crippen LogP contribution in [0.2, 0.25) is 0 Å². The summed E-state index contributed by atoms with van der Waals surface area (Å²) >= 11 is 0. The third-order valence-corrected chi connectivity index (χ3v) is 2.28. The molecule has 1 unspecified atom stereocenters. The average molecular weight is 267 g/mol. The highest BCUT2D eigenvalue weighted by molar-refractivity contribution is 5.28. The predicted molar refractivity (Wildman–Crippen MR) is 58.3 cm³/mol. The maximum absolute atomic E-state index is 11.9. The second-order valence-electron chi connectivity index (χ2n) is 3.65. The number of alkyl halides is 3. The smallest absolute Gasteiger partial charge is 0.411 e. The van der Waals surface area contributed by atoms with Crippen molar-refractivity contribution in [2.75, 3.05) is 20.3 Å². The van der Waals surface area contributed by atoms with Crippen LogP contribution in [-0.2, 0) is 11.3 Å². The zero-order valence-corrected chi connectivity index (χ0v) is 10.2. The second-order valence-corrected chi connectivity index (χ2v) is 3.65. The van der Waals surface area contributed by atoms with Crippen molar-refractivity contribution in [3.05, 3.63) is 11.9 Å². The van der Waals surface area contributed by atoms with Crippen LogP contribution in [0.15, 0.2) is 6.20 Å². The molecule has 1 heterocycles. The summed E-state index contributed by atoms with van der Waals surface area (Å²) in [5.74, 6) is 0.444. The summed E-state index contributed by atoms with van der Waals surface area (Å²) in [6.45, 7) is 0.829. The normalized spacial score (nSPS) is 13.7. The summed E-state index contributed by atoms with van der Waals surface area (Å²) in [7, 11) is 1.45. The predicted octanol–water partition coefficient (Wildman–Crippen LogP) is 1.49. The van der Waals surface area contributed by atoms with E-state index in [0.29, 0.717) is 18.0 Å². The Bertz CT molecular complexity index is 357. The number of aryl methyl sites for hydroxylation is 1. The van der Waals surface area contributed by atoms with E-state index >= 15 is 0 Å². The monoisotopic (exact) mass is 267 g/mol. The molecule has 0 saturated heterocycles. The third-order valence-electron chi connectivity index (χ3n) is 2.28. The van der Waals surface area contributed by atoms with Crippen LogP contribution in [0.1, 0.15) is 18.7 Å². The lowest BCUT2D eigenvalue weighted by Crippen LogP contribution is -2.25. The lowest BCUT2D eigenvalue weighted by molar-refractivity contribution is -0.175. The summed E-state index contributed by atoms with van der Waals surface area (Å²) in [6.07, 6.45) is -2.88. The van der Waals surface area contributed by atoms with Crippen LogP contribution in [0.25, 0.3) is 0 Å². The highest BCUT2D eigenvalue weighted by Crippen LogP contribution is 2.24. The lowest BCUT2D eigenvalue weighted by Gasteiger charge is -2.16. The van der Waals surface area contributed by atoms with Gasteiger partial charge in [0.1, 0.15) is 6.61 Å². The van der Waals surface area contributed by atoms with E-state index in [1.54, 1.807) is 4.68 Å². The molecule has 1 rings (SSSR count). The van der Waals surface area contributed by atoms with Gasteiger partial charge in [-0.05, 0) is 6.92 Å². The van der Waals surface area contributed by atoms with Crippen LogP contribution in [-0.4, -0.2) is 36.3 Å². The Balaban J connectivity index is 2.65. The summed E-state index contributed by atoms with van der Waals surface area (Å²) in [6, 6.07) is -0.718. The molecule has 0 aliphatic carbocycles. The number of methoxy groups -OCH3 is 1. The molecule has 0 amide bonds. The first-order chi connectivity index (χ1) is 8.39. The molecular formula is C10H16F3N3O2. The van der Waals surface area contributed by atoms with Gasteiger partial charge in [0, 0.05) is 6.54 Å². The van der Waals surface area contributed by atoms with E-state index in [2.05, 4.69) is 9.84 Å². The highest BCUT2D eigenvalue weighted by atomic mass is 19.4. The van der Waals surface area contributed by atoms with Gasteiger partial charge >= 0.3 is 6.18 Å². The maximum atomic E-state index is 11.9. The van der Waals surface area contributed by atoms with Gasteiger partial charge in [0.2, 0.25) is 0 Å². The van der Waals surface area contributed by atoms with Gasteiger partial charge in [0.05, 0.1) is 31.6 Å². The number of nitrogens with zero attached hydrogens (tertiary/aromatic N) is 2. The molecule has 18 heavy (non-hydrogen) atoms. The lowest BCUT2D eigenvalue weighted by atomic mass is 10.2. The fraction of sp³-hybridized carbons (Fsp3) is 0.700. The fourth-order valence-corrected chi connectivity index (χ4v) is 1.54. The summed E-state index contributed by atoms with van der Waals surface area (Å²) in [5.41, 5.74) is 6.32. The van der Waals surface area contributed by atoms with Gasteiger partial charge in [0.15, 0.2) is 5.75 Å². The number of nitrogens with two attached hydrogens (primary N) is 1. The zero-order valence-electron chi connectivity index (χ0n) is 10.2. The Hall–Kier alpha value is -1.28. The molecule has 0 aromatic carbocycles. The van der Waals surface area contributed by atoms with Crippen molar-refractivity contribution in [1.29, 1.82) is 0 Å². The van der Waals surface area contributed by atoms with Gasteiger partial charge < -0.3 is 15.2 Å². The molecule has 1 atom stereocenters. The standard InChI is InChI=1S/C10H16F3N3O2/c1-3-16-9(8(17-2)4-15-16)7(14)5-18-6-10(11,12)13/h4,7H,3,5-6,14H2,1-2H3. The molecule has 1 aromatic heterocycles. The number of rotatable bonds is 6. The Morgan fingerprint density at radius 1 is 1.50 bits per heavy atom. The molecule has 8 heteroatoms. The Morgan fingerprint density at radius 3 is 2.67 bits per heavy atom. The van der Waals surface area contributed by atoms with Crippen LogP contribution in [0, 0.1) is 0 Å². The molecule has 2 N–H and O–H groups in total. The first-order valence-corrected chi connectivity index (χ1v) is 5.38. The van der Waals surface area contributed by atoms with Crippen molar-refractivity contribution >= 4 is 0 Å². The van der Waals surface area contributed by atoms with Crippen LogP contribution < -0.4 is 10.5 Å². The molecule has 0 aliphatic heterocycles. The van der Waals surface area contributed by atoms with Gasteiger partial charge in [-0.15, -0.1) is 0 Å². The number of halogens is 3. The van der Waals surface area contributed by atoms with Gasteiger partial charge in [-0.1, -0.05) is 0 Å². The van der Waals surface area contributed by atoms with E-state index in [0.717, 1.165) is 0 Å². The van der Waals surface area contributed by atoms with Crippen molar-refractivity contribution in [2.24, 2.45) is 5.73 Å². The minimum Gasteiger partial charge on any atom is -0.493 e. The van der Waals surface area contributed by atoms with Crippen molar-refractivity contribution in [1.82, 2.24) is 9.78 Å². The first kappa shape index (κ1) is 14.8. The van der Waals surface area contributed by atoms with Crippen LogP contribution in [0.5, 0.6) is 5.75 Å². The second kappa shape index (κ2) is 6.05. The van der Waals surface area contributed by atoms with Crippen LogP contribution in [0.3, 0.4) is 0 Å². The molecule has 0 radical (unpaired) electrons. The number of hydrogen-bond acceptors (Lipinski definition) is 4. The highest BCUT2D eigenvalue weighted by Gasteiger charge is 2.28. The topological polar surface area (TPSA) is 62.3 Å². The molecule has 0 bridgehead atoms. The minimum absolute atomic E-state index is 0.248. The Labute approximate surface area is 103 Å². The van der Waals surface area contributed by atoms with Crippen molar-refractivity contribution < 1.29 is 22.6 Å². The van der Waals surface area contributed by atoms with E-state index in [-0.39, 0.29) is 6.61 Å². The average Bonchev–Trinajstić information content (AvgIpc) is 2.69. The van der Waals surface area contributed by atoms with Gasteiger partial charge in [-0.3, -0.25) is 4.68 Å². The number of aromatic nitrogens is 2. The Kier molecular flexibility index (Phi) is 4.97. The van der Waals surface area contributed by atoms with E-state index in [1.807, 2.05) is 6.92 Å². The molecule has 104 valence electrons. The molecule has 5 nitrogen and oxygen atoms in total. The quantitative estimate of drug-likeness (QED) is 0.848. The van der Waals surface area contributed by atoms with E-state index in [9.17, 15) is 13.2 Å². The van der Waals surface area contributed by atoms with Crippen LogP contribution in [0.4, 0.5) is 13.2 Å². The Morgan fingerprint density at radius 2 is 2.17 bits per heavy atom. The van der Waals surface area contributed by atoms with Crippen molar-refractivity contribution in [3.63, 3.8) is 0 Å². The number of ether oxygens (including phenoxy) is 2. The summed E-state index contributed by atoms with van der Waals surface area (Å²) < 4.78 is 47.0. The van der Waals surface area contributed by atoms with Gasteiger partial charge in [-0.2, -0.15) is 18.3 Å². The SMILES string of the molecule is CCn1ncc(OC)c1C(N)COCC(F)(F)F. The van der Waals surface area contributed by atoms with Gasteiger partial charge in [0.25, 0.3) is 0 Å². The van der Waals surface area contributed by atoms with Crippen molar-refractivity contribution in [2.45, 2.75) is 25.7 Å². The molecule has 1 aromatic rings. The molecular weight excluding hydrogens is 251 g/mol. The summed E-state index contributed by atoms with van der Waals surface area (Å²) in [5, 5.41) is 4.02. The molecule has 0 spiro atoms. The van der Waals surface area contributed by atoms with E-state index in [4.69, 9.17) is 10.5 Å². The van der Waals surface area contributed by atoms with E-state index < -0.39 is 18.8 Å². The third kappa shape index (κ3) is 3.88. The summed E-state index contributed by atoms with van der Waals surface area (Å²) in [4.78, 5) is 0. The number of hydrogen-bond donors (Lipinski definition) is 1.